The number of carbonyl (C=O) groups excluding carboxylic acids is 1. The van der Waals surface area contributed by atoms with Gasteiger partial charge in [-0.05, 0) is 38.5 Å². The number of esters is 1. The SMILES string of the molecule is CCOC(=O)c1sc(C(C)NC(=NC)NCCOCc2ccc(Cl)cc2)nc1C. The lowest BCUT2D eigenvalue weighted by Gasteiger charge is -2.16. The molecule has 0 saturated carbocycles. The summed E-state index contributed by atoms with van der Waals surface area (Å²) in [5.41, 5.74) is 1.75. The van der Waals surface area contributed by atoms with Crippen molar-refractivity contribution in [3.63, 3.8) is 0 Å². The highest BCUT2D eigenvalue weighted by Crippen LogP contribution is 2.24. The van der Waals surface area contributed by atoms with E-state index < -0.39 is 0 Å². The molecule has 0 aliphatic heterocycles. The number of ether oxygens (including phenoxy) is 2. The molecule has 29 heavy (non-hydrogen) atoms. The first-order valence-corrected chi connectivity index (χ1v) is 10.6. The van der Waals surface area contributed by atoms with E-state index in [2.05, 4.69) is 20.6 Å². The number of halogens is 1. The molecule has 1 aromatic heterocycles. The number of hydrogen-bond acceptors (Lipinski definition) is 6. The molecule has 0 radical (unpaired) electrons. The Morgan fingerprint density at radius 3 is 2.72 bits per heavy atom. The lowest BCUT2D eigenvalue weighted by Crippen LogP contribution is -2.40. The molecule has 2 rings (SSSR count). The van der Waals surface area contributed by atoms with E-state index in [1.165, 1.54) is 11.3 Å². The van der Waals surface area contributed by atoms with Crippen LogP contribution in [0.1, 0.15) is 45.8 Å². The normalized spacial score (nSPS) is 12.5. The molecule has 1 unspecified atom stereocenters. The molecule has 1 atom stereocenters. The fourth-order valence-corrected chi connectivity index (χ4v) is 3.55. The third-order valence-corrected chi connectivity index (χ3v) is 5.51. The largest absolute Gasteiger partial charge is 0.462 e. The van der Waals surface area contributed by atoms with Crippen LogP contribution < -0.4 is 10.6 Å². The van der Waals surface area contributed by atoms with Gasteiger partial charge in [0.15, 0.2) is 5.96 Å². The number of thiazole rings is 1. The number of guanidine groups is 1. The van der Waals surface area contributed by atoms with Crippen LogP contribution in [0.2, 0.25) is 5.02 Å². The Hall–Kier alpha value is -2.16. The van der Waals surface area contributed by atoms with Crippen LogP contribution in [0.15, 0.2) is 29.3 Å². The van der Waals surface area contributed by atoms with Crippen LogP contribution in [0.3, 0.4) is 0 Å². The first-order chi connectivity index (χ1) is 13.9. The van der Waals surface area contributed by atoms with Gasteiger partial charge in [0.25, 0.3) is 0 Å². The Labute approximate surface area is 180 Å². The molecule has 0 spiro atoms. The number of aliphatic imine (C=N–C) groups is 1. The second-order valence-electron chi connectivity index (χ2n) is 6.23. The lowest BCUT2D eigenvalue weighted by atomic mass is 10.2. The average molecular weight is 439 g/mol. The maximum atomic E-state index is 12.0. The van der Waals surface area contributed by atoms with Gasteiger partial charge in [-0.25, -0.2) is 9.78 Å². The van der Waals surface area contributed by atoms with Gasteiger partial charge in [-0.3, -0.25) is 4.99 Å². The molecule has 1 aromatic carbocycles. The Morgan fingerprint density at radius 1 is 1.34 bits per heavy atom. The molecule has 7 nitrogen and oxygen atoms in total. The molecule has 2 N–H and O–H groups in total. The van der Waals surface area contributed by atoms with Crippen LogP contribution in [0, 0.1) is 6.92 Å². The van der Waals surface area contributed by atoms with E-state index in [0.29, 0.717) is 47.9 Å². The molecule has 0 saturated heterocycles. The first kappa shape index (κ1) is 23.1. The van der Waals surface area contributed by atoms with Crippen molar-refractivity contribution in [2.24, 2.45) is 4.99 Å². The molecule has 158 valence electrons. The number of benzene rings is 1. The van der Waals surface area contributed by atoms with Gasteiger partial charge in [0.1, 0.15) is 9.88 Å². The Kier molecular flexibility index (Phi) is 9.37. The molecule has 0 bridgehead atoms. The molecule has 1 heterocycles. The number of carbonyl (C=O) groups is 1. The van der Waals surface area contributed by atoms with Crippen LogP contribution in [-0.4, -0.2) is 43.7 Å². The molecule has 0 aliphatic rings. The maximum Gasteiger partial charge on any atom is 0.350 e. The summed E-state index contributed by atoms with van der Waals surface area (Å²) in [6.07, 6.45) is 0. The molecule has 9 heteroatoms. The van der Waals surface area contributed by atoms with E-state index in [0.717, 1.165) is 10.6 Å². The predicted octanol–water partition coefficient (Wildman–Crippen LogP) is 3.72. The van der Waals surface area contributed by atoms with Gasteiger partial charge in [-0.2, -0.15) is 0 Å². The highest BCUT2D eigenvalue weighted by molar-refractivity contribution is 7.13. The summed E-state index contributed by atoms with van der Waals surface area (Å²) in [5.74, 6) is 0.305. The van der Waals surface area contributed by atoms with Crippen molar-refractivity contribution in [1.82, 2.24) is 15.6 Å². The van der Waals surface area contributed by atoms with E-state index in [4.69, 9.17) is 21.1 Å². The van der Waals surface area contributed by atoms with Crippen molar-refractivity contribution < 1.29 is 14.3 Å². The van der Waals surface area contributed by atoms with E-state index in [-0.39, 0.29) is 12.0 Å². The third kappa shape index (κ3) is 7.30. The standard InChI is InChI=1S/C20H27ClN4O3S/c1-5-28-19(26)17-13(2)24-18(29-17)14(3)25-20(22-4)23-10-11-27-12-15-6-8-16(21)9-7-15/h6-9,14H,5,10-12H2,1-4H3,(H2,22,23,25). The van der Waals surface area contributed by atoms with E-state index >= 15 is 0 Å². The molecule has 0 amide bonds. The number of aromatic nitrogens is 1. The smallest absolute Gasteiger partial charge is 0.350 e. The molecular formula is C20H27ClN4O3S. The highest BCUT2D eigenvalue weighted by atomic mass is 35.5. The van der Waals surface area contributed by atoms with Gasteiger partial charge in [0, 0.05) is 18.6 Å². The first-order valence-electron chi connectivity index (χ1n) is 9.38. The van der Waals surface area contributed by atoms with Crippen molar-refractivity contribution in [1.29, 1.82) is 0 Å². The second-order valence-corrected chi connectivity index (χ2v) is 7.70. The van der Waals surface area contributed by atoms with Gasteiger partial charge < -0.3 is 20.1 Å². The highest BCUT2D eigenvalue weighted by Gasteiger charge is 2.20. The van der Waals surface area contributed by atoms with Crippen LogP contribution >= 0.6 is 22.9 Å². The zero-order chi connectivity index (χ0) is 21.2. The molecule has 2 aromatic rings. The van der Waals surface area contributed by atoms with Crippen molar-refractivity contribution in [3.05, 3.63) is 50.4 Å². The Morgan fingerprint density at radius 2 is 2.07 bits per heavy atom. The monoisotopic (exact) mass is 438 g/mol. The predicted molar refractivity (Wildman–Crippen MR) is 117 cm³/mol. The zero-order valence-electron chi connectivity index (χ0n) is 17.1. The maximum absolute atomic E-state index is 12.0. The van der Waals surface area contributed by atoms with Gasteiger partial charge in [-0.1, -0.05) is 23.7 Å². The van der Waals surface area contributed by atoms with Crippen LogP contribution in [-0.2, 0) is 16.1 Å². The molecule has 0 aliphatic carbocycles. The van der Waals surface area contributed by atoms with E-state index in [9.17, 15) is 4.79 Å². The number of aryl methyl sites for hydroxylation is 1. The van der Waals surface area contributed by atoms with Crippen molar-refractivity contribution in [2.45, 2.75) is 33.4 Å². The van der Waals surface area contributed by atoms with Crippen LogP contribution in [0.25, 0.3) is 0 Å². The summed E-state index contributed by atoms with van der Waals surface area (Å²) < 4.78 is 10.7. The van der Waals surface area contributed by atoms with Crippen molar-refractivity contribution in [2.75, 3.05) is 26.8 Å². The Bertz CT molecular complexity index is 824. The molecule has 0 fully saturated rings. The third-order valence-electron chi connectivity index (χ3n) is 3.94. The van der Waals surface area contributed by atoms with Crippen molar-refractivity contribution >= 4 is 34.9 Å². The minimum absolute atomic E-state index is 0.108. The minimum Gasteiger partial charge on any atom is -0.462 e. The van der Waals surface area contributed by atoms with Gasteiger partial charge in [-0.15, -0.1) is 11.3 Å². The number of nitrogens with one attached hydrogen (secondary N) is 2. The van der Waals surface area contributed by atoms with E-state index in [1.54, 1.807) is 14.0 Å². The van der Waals surface area contributed by atoms with Gasteiger partial charge in [0.05, 0.1) is 31.6 Å². The zero-order valence-corrected chi connectivity index (χ0v) is 18.7. The second kappa shape index (κ2) is 11.7. The topological polar surface area (TPSA) is 84.8 Å². The Balaban J connectivity index is 1.78. The number of rotatable bonds is 9. The van der Waals surface area contributed by atoms with Crippen LogP contribution in [0.5, 0.6) is 0 Å². The fourth-order valence-electron chi connectivity index (χ4n) is 2.46. The number of nitrogens with zero attached hydrogens (tertiary/aromatic N) is 2. The lowest BCUT2D eigenvalue weighted by molar-refractivity contribution is 0.0531. The van der Waals surface area contributed by atoms with E-state index in [1.807, 2.05) is 38.1 Å². The van der Waals surface area contributed by atoms with Gasteiger partial charge in [0.2, 0.25) is 0 Å². The quantitative estimate of drug-likeness (QED) is 0.268. The summed E-state index contributed by atoms with van der Waals surface area (Å²) in [6, 6.07) is 7.47. The van der Waals surface area contributed by atoms with Crippen molar-refractivity contribution in [3.8, 4) is 0 Å². The molecular weight excluding hydrogens is 412 g/mol. The van der Waals surface area contributed by atoms with Gasteiger partial charge >= 0.3 is 5.97 Å². The summed E-state index contributed by atoms with van der Waals surface area (Å²) in [7, 11) is 1.70. The fraction of sp³-hybridized carbons (Fsp3) is 0.450. The van der Waals surface area contributed by atoms with Crippen LogP contribution in [0.4, 0.5) is 0 Å². The summed E-state index contributed by atoms with van der Waals surface area (Å²) in [4.78, 5) is 21.2. The minimum atomic E-state index is -0.332. The summed E-state index contributed by atoms with van der Waals surface area (Å²) >= 11 is 7.21. The summed E-state index contributed by atoms with van der Waals surface area (Å²) in [6.45, 7) is 7.56. The average Bonchev–Trinajstić information content (AvgIpc) is 3.10. The number of hydrogen-bond donors (Lipinski definition) is 2. The summed E-state index contributed by atoms with van der Waals surface area (Å²) in [5, 5.41) is 7.99.